The molecule has 0 aromatic heterocycles. The van der Waals surface area contributed by atoms with Crippen LogP contribution in [0.25, 0.3) is 0 Å². The topological polar surface area (TPSA) is 21.3 Å². The molecule has 0 spiro atoms. The first-order valence-electron chi connectivity index (χ1n) is 5.82. The number of halogens is 2. The molecule has 1 aromatic carbocycles. The maximum atomic E-state index is 6.08. The minimum absolute atomic E-state index is 0.0407. The predicted octanol–water partition coefficient (Wildman–Crippen LogP) is 4.47. The summed E-state index contributed by atoms with van der Waals surface area (Å²) < 4.78 is 6.65. The van der Waals surface area contributed by atoms with Gasteiger partial charge in [0.05, 0.1) is 20.8 Å². The van der Waals surface area contributed by atoms with Crippen molar-refractivity contribution in [3.63, 3.8) is 0 Å². The van der Waals surface area contributed by atoms with E-state index in [1.54, 1.807) is 0 Å². The zero-order valence-corrected chi connectivity index (χ0v) is 12.4. The van der Waals surface area contributed by atoms with Gasteiger partial charge in [0, 0.05) is 12.6 Å². The average molecular weight is 319 g/mol. The molecule has 0 aliphatic carbocycles. The smallest absolute Gasteiger partial charge is 0.0646 e. The van der Waals surface area contributed by atoms with Gasteiger partial charge in [-0.3, -0.25) is 0 Å². The molecular weight excluding hydrogens is 302 g/mol. The van der Waals surface area contributed by atoms with Crippen molar-refractivity contribution < 1.29 is 4.74 Å². The highest BCUT2D eigenvalue weighted by Gasteiger charge is 2.28. The summed E-state index contributed by atoms with van der Waals surface area (Å²) in [6.07, 6.45) is 2.04. The third-order valence-corrected chi connectivity index (χ3v) is 4.41. The second-order valence-corrected chi connectivity index (χ2v) is 6.24. The molecule has 1 heterocycles. The molecule has 1 aliphatic rings. The molecule has 1 saturated heterocycles. The first kappa shape index (κ1) is 13.2. The molecule has 4 heteroatoms. The van der Waals surface area contributed by atoms with E-state index >= 15 is 0 Å². The van der Waals surface area contributed by atoms with Crippen molar-refractivity contribution in [2.75, 3.05) is 11.9 Å². The molecule has 0 radical (unpaired) electrons. The minimum Gasteiger partial charge on any atom is -0.381 e. The van der Waals surface area contributed by atoms with E-state index in [1.807, 2.05) is 18.2 Å². The van der Waals surface area contributed by atoms with E-state index in [1.165, 1.54) is 0 Å². The number of rotatable bonds is 2. The Morgan fingerprint density at radius 2 is 2.24 bits per heavy atom. The van der Waals surface area contributed by atoms with E-state index in [9.17, 15) is 0 Å². The van der Waals surface area contributed by atoms with Gasteiger partial charge in [-0.1, -0.05) is 17.7 Å². The fourth-order valence-corrected chi connectivity index (χ4v) is 2.74. The summed E-state index contributed by atoms with van der Waals surface area (Å²) in [5.41, 5.74) is 1.02. The van der Waals surface area contributed by atoms with Crippen LogP contribution in [-0.2, 0) is 4.74 Å². The molecule has 0 amide bonds. The van der Waals surface area contributed by atoms with Gasteiger partial charge in [0.1, 0.15) is 0 Å². The lowest BCUT2D eigenvalue weighted by molar-refractivity contribution is -0.0553. The lowest BCUT2D eigenvalue weighted by Gasteiger charge is -2.36. The van der Waals surface area contributed by atoms with Crippen LogP contribution in [0.3, 0.4) is 0 Å². The Hall–Kier alpha value is -0.250. The minimum atomic E-state index is -0.0407. The summed E-state index contributed by atoms with van der Waals surface area (Å²) in [6, 6.07) is 6.32. The fraction of sp³-hybridized carbons (Fsp3) is 0.538. The van der Waals surface area contributed by atoms with Gasteiger partial charge in [0.2, 0.25) is 0 Å². The van der Waals surface area contributed by atoms with Crippen LogP contribution in [-0.4, -0.2) is 18.2 Å². The Morgan fingerprint density at radius 1 is 1.47 bits per heavy atom. The second-order valence-electron chi connectivity index (χ2n) is 5.04. The maximum absolute atomic E-state index is 6.08. The lowest BCUT2D eigenvalue weighted by Crippen LogP contribution is -2.40. The summed E-state index contributed by atoms with van der Waals surface area (Å²) in [6.45, 7) is 5.07. The summed E-state index contributed by atoms with van der Waals surface area (Å²) in [5.74, 6) is 0. The van der Waals surface area contributed by atoms with Gasteiger partial charge in [-0.2, -0.15) is 0 Å². The van der Waals surface area contributed by atoms with Gasteiger partial charge in [-0.05, 0) is 54.8 Å². The van der Waals surface area contributed by atoms with Crippen LogP contribution in [0, 0.1) is 0 Å². The Labute approximate surface area is 116 Å². The van der Waals surface area contributed by atoms with E-state index in [4.69, 9.17) is 16.3 Å². The van der Waals surface area contributed by atoms with Gasteiger partial charge < -0.3 is 10.1 Å². The van der Waals surface area contributed by atoms with E-state index < -0.39 is 0 Å². The zero-order valence-electron chi connectivity index (χ0n) is 10.1. The number of hydrogen-bond acceptors (Lipinski definition) is 2. The molecule has 17 heavy (non-hydrogen) atoms. The molecule has 1 unspecified atom stereocenters. The van der Waals surface area contributed by atoms with Gasteiger partial charge in [0.25, 0.3) is 0 Å². The molecule has 1 atom stereocenters. The summed E-state index contributed by atoms with van der Waals surface area (Å²) in [5, 5.41) is 4.27. The van der Waals surface area contributed by atoms with Crippen molar-refractivity contribution in [3.05, 3.63) is 27.7 Å². The van der Waals surface area contributed by atoms with Gasteiger partial charge in [-0.25, -0.2) is 0 Å². The molecule has 1 aliphatic heterocycles. The maximum Gasteiger partial charge on any atom is 0.0646 e. The lowest BCUT2D eigenvalue weighted by atomic mass is 9.94. The predicted molar refractivity (Wildman–Crippen MR) is 75.8 cm³/mol. The van der Waals surface area contributed by atoms with Crippen LogP contribution >= 0.6 is 27.5 Å². The first-order chi connectivity index (χ1) is 7.98. The molecule has 1 N–H and O–H groups in total. The fourth-order valence-electron chi connectivity index (χ4n) is 2.19. The highest BCUT2D eigenvalue weighted by Crippen LogP contribution is 2.33. The SMILES string of the molecule is CC1(C)CC(Nc2cccc(Cl)c2Br)CCO1. The largest absolute Gasteiger partial charge is 0.381 e. The number of ether oxygens (including phenoxy) is 1. The first-order valence-corrected chi connectivity index (χ1v) is 6.99. The van der Waals surface area contributed by atoms with Crippen molar-refractivity contribution in [1.29, 1.82) is 0 Å². The Balaban J connectivity index is 2.08. The molecule has 94 valence electrons. The van der Waals surface area contributed by atoms with Crippen LogP contribution in [0.4, 0.5) is 5.69 Å². The number of benzene rings is 1. The molecule has 2 nitrogen and oxygen atoms in total. The third kappa shape index (κ3) is 3.36. The molecule has 2 rings (SSSR count). The van der Waals surface area contributed by atoms with Gasteiger partial charge in [-0.15, -0.1) is 0 Å². The van der Waals surface area contributed by atoms with Crippen molar-refractivity contribution in [1.82, 2.24) is 0 Å². The van der Waals surface area contributed by atoms with Crippen molar-refractivity contribution >= 4 is 33.2 Å². The zero-order chi connectivity index (χ0) is 12.5. The van der Waals surface area contributed by atoms with Crippen LogP contribution in [0.1, 0.15) is 26.7 Å². The Morgan fingerprint density at radius 3 is 2.94 bits per heavy atom. The third-order valence-electron chi connectivity index (χ3n) is 3.01. The normalized spacial score (nSPS) is 23.4. The van der Waals surface area contributed by atoms with Crippen LogP contribution in [0.5, 0.6) is 0 Å². The highest BCUT2D eigenvalue weighted by molar-refractivity contribution is 9.10. The molecule has 1 fully saturated rings. The van der Waals surface area contributed by atoms with Crippen molar-refractivity contribution in [2.45, 2.75) is 38.3 Å². The van der Waals surface area contributed by atoms with Crippen molar-refractivity contribution in [2.24, 2.45) is 0 Å². The highest BCUT2D eigenvalue weighted by atomic mass is 79.9. The molecule has 0 saturated carbocycles. The van der Waals surface area contributed by atoms with E-state index in [0.717, 1.165) is 34.6 Å². The Kier molecular flexibility index (Phi) is 4.01. The van der Waals surface area contributed by atoms with Gasteiger partial charge >= 0.3 is 0 Å². The average Bonchev–Trinajstić information content (AvgIpc) is 2.23. The number of hydrogen-bond donors (Lipinski definition) is 1. The van der Waals surface area contributed by atoms with Crippen LogP contribution in [0.15, 0.2) is 22.7 Å². The second kappa shape index (κ2) is 5.17. The van der Waals surface area contributed by atoms with E-state index in [-0.39, 0.29) is 5.60 Å². The quantitative estimate of drug-likeness (QED) is 0.868. The Bertz CT molecular complexity index is 408. The summed E-state index contributed by atoms with van der Waals surface area (Å²) in [7, 11) is 0. The summed E-state index contributed by atoms with van der Waals surface area (Å²) >= 11 is 9.59. The monoisotopic (exact) mass is 317 g/mol. The number of nitrogens with one attached hydrogen (secondary N) is 1. The molecule has 0 bridgehead atoms. The van der Waals surface area contributed by atoms with Crippen LogP contribution in [0.2, 0.25) is 5.02 Å². The van der Waals surface area contributed by atoms with Gasteiger partial charge in [0.15, 0.2) is 0 Å². The standard InChI is InChI=1S/C13H17BrClNO/c1-13(2)8-9(6-7-17-13)16-11-5-3-4-10(15)12(11)14/h3-5,9,16H,6-8H2,1-2H3. The van der Waals surface area contributed by atoms with E-state index in [2.05, 4.69) is 35.1 Å². The molecule has 1 aromatic rings. The van der Waals surface area contributed by atoms with E-state index in [0.29, 0.717) is 6.04 Å². The van der Waals surface area contributed by atoms with Crippen LogP contribution < -0.4 is 5.32 Å². The number of anilines is 1. The summed E-state index contributed by atoms with van der Waals surface area (Å²) in [4.78, 5) is 0. The van der Waals surface area contributed by atoms with Crippen molar-refractivity contribution in [3.8, 4) is 0 Å². The molecular formula is C13H17BrClNO.